The molecule has 0 saturated heterocycles. The van der Waals surface area contributed by atoms with Gasteiger partial charge in [0.2, 0.25) is 0 Å². The number of hydrogen-bond donors (Lipinski definition) is 3. The molecule has 0 saturated carbocycles. The predicted molar refractivity (Wildman–Crippen MR) is 82.9 cm³/mol. The Morgan fingerprint density at radius 1 is 1.05 bits per heavy atom. The van der Waals surface area contributed by atoms with E-state index >= 15 is 0 Å². The van der Waals surface area contributed by atoms with Crippen LogP contribution in [-0.4, -0.2) is 9.97 Å². The van der Waals surface area contributed by atoms with Gasteiger partial charge in [-0.2, -0.15) is 0 Å². The van der Waals surface area contributed by atoms with Crippen LogP contribution >= 0.6 is 0 Å². The molecular formula is C15H21N5. The molecular weight excluding hydrogens is 250 g/mol. The average molecular weight is 271 g/mol. The van der Waals surface area contributed by atoms with E-state index in [1.165, 1.54) is 11.9 Å². The summed E-state index contributed by atoms with van der Waals surface area (Å²) < 4.78 is 0. The zero-order chi connectivity index (χ0) is 14.4. The van der Waals surface area contributed by atoms with Gasteiger partial charge >= 0.3 is 0 Å². The molecule has 5 heteroatoms. The third kappa shape index (κ3) is 3.24. The van der Waals surface area contributed by atoms with E-state index in [2.05, 4.69) is 58.8 Å². The van der Waals surface area contributed by atoms with Gasteiger partial charge in [-0.25, -0.2) is 15.8 Å². The maximum atomic E-state index is 5.51. The lowest BCUT2D eigenvalue weighted by Crippen LogP contribution is -2.13. The number of nitrogens with one attached hydrogen (secondary N) is 2. The largest absolute Gasteiger partial charge is 0.340 e. The van der Waals surface area contributed by atoms with Crippen LogP contribution in [0, 0.1) is 0 Å². The van der Waals surface area contributed by atoms with Crippen LogP contribution in [0.25, 0.3) is 0 Å². The standard InChI is InChI=1S/C15H21N5/c1-3-5-13-14(17-10-18-15(13)20-16)19-12-8-6-11(4-2)7-9-12/h6-10H,3-5,16H2,1-2H3,(H2,17,18,19,20). The van der Waals surface area contributed by atoms with E-state index < -0.39 is 0 Å². The molecule has 0 unspecified atom stereocenters. The molecule has 1 heterocycles. The van der Waals surface area contributed by atoms with E-state index in [0.717, 1.165) is 36.3 Å². The fourth-order valence-corrected chi connectivity index (χ4v) is 2.09. The molecule has 0 aliphatic carbocycles. The van der Waals surface area contributed by atoms with Crippen molar-refractivity contribution in [3.05, 3.63) is 41.7 Å². The first-order valence-corrected chi connectivity index (χ1v) is 6.94. The summed E-state index contributed by atoms with van der Waals surface area (Å²) in [7, 11) is 0. The second-order valence-corrected chi connectivity index (χ2v) is 4.62. The van der Waals surface area contributed by atoms with Crippen molar-refractivity contribution < 1.29 is 0 Å². The third-order valence-electron chi connectivity index (χ3n) is 3.21. The summed E-state index contributed by atoms with van der Waals surface area (Å²) in [4.78, 5) is 8.48. The molecule has 0 atom stereocenters. The van der Waals surface area contributed by atoms with Crippen molar-refractivity contribution in [3.8, 4) is 0 Å². The lowest BCUT2D eigenvalue weighted by Gasteiger charge is -2.13. The smallest absolute Gasteiger partial charge is 0.148 e. The third-order valence-corrected chi connectivity index (χ3v) is 3.21. The first-order chi connectivity index (χ1) is 9.78. The minimum absolute atomic E-state index is 0.675. The predicted octanol–water partition coefficient (Wildman–Crippen LogP) is 3.02. The number of aryl methyl sites for hydroxylation is 1. The Labute approximate surface area is 119 Å². The number of anilines is 3. The highest BCUT2D eigenvalue weighted by Gasteiger charge is 2.10. The molecule has 0 bridgehead atoms. The summed E-state index contributed by atoms with van der Waals surface area (Å²) in [5.41, 5.74) is 5.98. The molecule has 0 spiro atoms. The van der Waals surface area contributed by atoms with Crippen LogP contribution in [0.2, 0.25) is 0 Å². The van der Waals surface area contributed by atoms with Gasteiger partial charge in [0.1, 0.15) is 18.0 Å². The lowest BCUT2D eigenvalue weighted by atomic mass is 10.1. The van der Waals surface area contributed by atoms with Crippen molar-refractivity contribution in [2.75, 3.05) is 10.7 Å². The summed E-state index contributed by atoms with van der Waals surface area (Å²) in [5, 5.41) is 3.34. The number of hydrogen-bond acceptors (Lipinski definition) is 5. The lowest BCUT2D eigenvalue weighted by molar-refractivity contribution is 0.903. The number of hydrazine groups is 1. The molecule has 0 fully saturated rings. The zero-order valence-corrected chi connectivity index (χ0v) is 12.0. The summed E-state index contributed by atoms with van der Waals surface area (Å²) >= 11 is 0. The number of aromatic nitrogens is 2. The van der Waals surface area contributed by atoms with E-state index in [9.17, 15) is 0 Å². The zero-order valence-electron chi connectivity index (χ0n) is 12.0. The van der Waals surface area contributed by atoms with Crippen LogP contribution in [0.3, 0.4) is 0 Å². The second-order valence-electron chi connectivity index (χ2n) is 4.62. The van der Waals surface area contributed by atoms with Crippen LogP contribution in [0.1, 0.15) is 31.4 Å². The molecule has 0 aliphatic heterocycles. The van der Waals surface area contributed by atoms with Crippen LogP contribution < -0.4 is 16.6 Å². The number of nitrogens with two attached hydrogens (primary N) is 1. The molecule has 0 amide bonds. The SMILES string of the molecule is CCCc1c(NN)ncnc1Nc1ccc(CC)cc1. The van der Waals surface area contributed by atoms with Gasteiger partial charge in [0.15, 0.2) is 0 Å². The molecule has 1 aromatic heterocycles. The molecule has 5 nitrogen and oxygen atoms in total. The molecule has 1 aromatic carbocycles. The van der Waals surface area contributed by atoms with Gasteiger partial charge < -0.3 is 10.7 Å². The Morgan fingerprint density at radius 3 is 2.35 bits per heavy atom. The first-order valence-electron chi connectivity index (χ1n) is 6.94. The highest BCUT2D eigenvalue weighted by Crippen LogP contribution is 2.24. The van der Waals surface area contributed by atoms with Gasteiger partial charge in [0.05, 0.1) is 0 Å². The maximum absolute atomic E-state index is 5.51. The Balaban J connectivity index is 2.27. The van der Waals surface area contributed by atoms with E-state index in [0.29, 0.717) is 5.82 Å². The first kappa shape index (κ1) is 14.3. The number of rotatable bonds is 6. The minimum Gasteiger partial charge on any atom is -0.340 e. The Bertz CT molecular complexity index is 551. The van der Waals surface area contributed by atoms with Crippen molar-refractivity contribution in [1.82, 2.24) is 9.97 Å². The van der Waals surface area contributed by atoms with Crippen LogP contribution in [0.15, 0.2) is 30.6 Å². The van der Waals surface area contributed by atoms with Crippen LogP contribution in [0.5, 0.6) is 0 Å². The molecule has 2 rings (SSSR count). The van der Waals surface area contributed by atoms with Gasteiger partial charge in [0, 0.05) is 11.3 Å². The number of nitrogen functional groups attached to an aromatic ring is 1. The molecule has 4 N–H and O–H groups in total. The van der Waals surface area contributed by atoms with E-state index in [1.54, 1.807) is 0 Å². The van der Waals surface area contributed by atoms with Gasteiger partial charge in [-0.15, -0.1) is 0 Å². The van der Waals surface area contributed by atoms with Gasteiger partial charge in [0.25, 0.3) is 0 Å². The fourth-order valence-electron chi connectivity index (χ4n) is 2.09. The Hall–Kier alpha value is -2.14. The normalized spacial score (nSPS) is 10.3. The monoisotopic (exact) mass is 271 g/mol. The highest BCUT2D eigenvalue weighted by atomic mass is 15.3. The number of nitrogens with zero attached hydrogens (tertiary/aromatic N) is 2. The van der Waals surface area contributed by atoms with Gasteiger partial charge in [-0.3, -0.25) is 0 Å². The Morgan fingerprint density at radius 2 is 1.75 bits per heavy atom. The number of benzene rings is 1. The molecule has 20 heavy (non-hydrogen) atoms. The van der Waals surface area contributed by atoms with E-state index in [1.807, 2.05) is 0 Å². The summed E-state index contributed by atoms with van der Waals surface area (Å²) in [6, 6.07) is 8.36. The minimum atomic E-state index is 0.675. The summed E-state index contributed by atoms with van der Waals surface area (Å²) in [6.07, 6.45) is 4.43. The summed E-state index contributed by atoms with van der Waals surface area (Å²) in [5.74, 6) is 6.99. The van der Waals surface area contributed by atoms with E-state index in [4.69, 9.17) is 5.84 Å². The Kier molecular flexibility index (Phi) is 4.90. The highest BCUT2D eigenvalue weighted by molar-refractivity contribution is 5.64. The van der Waals surface area contributed by atoms with Crippen molar-refractivity contribution in [2.45, 2.75) is 33.1 Å². The van der Waals surface area contributed by atoms with Crippen molar-refractivity contribution in [1.29, 1.82) is 0 Å². The molecule has 0 radical (unpaired) electrons. The maximum Gasteiger partial charge on any atom is 0.148 e. The molecule has 106 valence electrons. The van der Waals surface area contributed by atoms with Gasteiger partial charge in [-0.05, 0) is 30.5 Å². The molecule has 0 aliphatic rings. The van der Waals surface area contributed by atoms with Crippen LogP contribution in [-0.2, 0) is 12.8 Å². The topological polar surface area (TPSA) is 75.9 Å². The summed E-state index contributed by atoms with van der Waals surface area (Å²) in [6.45, 7) is 4.26. The second kappa shape index (κ2) is 6.86. The fraction of sp³-hybridized carbons (Fsp3) is 0.333. The van der Waals surface area contributed by atoms with Crippen molar-refractivity contribution >= 4 is 17.3 Å². The van der Waals surface area contributed by atoms with E-state index in [-0.39, 0.29) is 0 Å². The molecule has 2 aromatic rings. The quantitative estimate of drug-likeness (QED) is 0.556. The van der Waals surface area contributed by atoms with Crippen LogP contribution in [0.4, 0.5) is 17.3 Å². The van der Waals surface area contributed by atoms with Crippen molar-refractivity contribution in [2.24, 2.45) is 5.84 Å². The average Bonchev–Trinajstić information content (AvgIpc) is 2.50. The van der Waals surface area contributed by atoms with Crippen molar-refractivity contribution in [3.63, 3.8) is 0 Å². The van der Waals surface area contributed by atoms with Gasteiger partial charge in [-0.1, -0.05) is 32.4 Å².